The van der Waals surface area contributed by atoms with Crippen LogP contribution >= 0.6 is 0 Å². The fourth-order valence-electron chi connectivity index (χ4n) is 3.59. The maximum Gasteiger partial charge on any atom is 0.191 e. The lowest BCUT2D eigenvalue weighted by Gasteiger charge is -2.24. The van der Waals surface area contributed by atoms with Crippen molar-refractivity contribution in [1.82, 2.24) is 20.4 Å². The molecular formula is C19H31N5. The largest absolute Gasteiger partial charge is 0.356 e. The fourth-order valence-corrected chi connectivity index (χ4v) is 3.59. The van der Waals surface area contributed by atoms with Gasteiger partial charge in [0.05, 0.1) is 5.69 Å². The summed E-state index contributed by atoms with van der Waals surface area (Å²) in [5.41, 5.74) is 4.26. The molecule has 3 rings (SSSR count). The quantitative estimate of drug-likeness (QED) is 0.496. The number of guanidine groups is 1. The Balaban J connectivity index is 1.49. The average Bonchev–Trinajstić information content (AvgIpc) is 3.22. The van der Waals surface area contributed by atoms with E-state index in [1.807, 2.05) is 7.05 Å². The molecule has 2 aliphatic carbocycles. The molecule has 1 atom stereocenters. The zero-order valence-corrected chi connectivity index (χ0v) is 15.3. The van der Waals surface area contributed by atoms with Crippen molar-refractivity contribution in [2.75, 3.05) is 13.6 Å². The van der Waals surface area contributed by atoms with E-state index < -0.39 is 0 Å². The summed E-state index contributed by atoms with van der Waals surface area (Å²) in [7, 11) is 1.85. The van der Waals surface area contributed by atoms with Gasteiger partial charge in [0.1, 0.15) is 0 Å². The van der Waals surface area contributed by atoms with Gasteiger partial charge < -0.3 is 10.6 Å². The fraction of sp³-hybridized carbons (Fsp3) is 0.684. The van der Waals surface area contributed by atoms with E-state index in [2.05, 4.69) is 46.4 Å². The van der Waals surface area contributed by atoms with Gasteiger partial charge >= 0.3 is 0 Å². The van der Waals surface area contributed by atoms with Crippen LogP contribution in [0.25, 0.3) is 0 Å². The van der Waals surface area contributed by atoms with Crippen molar-refractivity contribution in [3.05, 3.63) is 29.1 Å². The molecule has 1 unspecified atom stereocenters. The van der Waals surface area contributed by atoms with Crippen molar-refractivity contribution in [2.24, 2.45) is 4.99 Å². The van der Waals surface area contributed by atoms with Crippen molar-refractivity contribution in [2.45, 2.75) is 70.9 Å². The maximum absolute atomic E-state index is 4.76. The number of fused-ring (bicyclic) bond motifs is 1. The number of hydrogen-bond donors (Lipinski definition) is 2. The zero-order valence-electron chi connectivity index (χ0n) is 15.3. The number of aromatic nitrogens is 2. The first-order chi connectivity index (χ1) is 11.7. The number of nitrogens with zero attached hydrogens (tertiary/aromatic N) is 3. The van der Waals surface area contributed by atoms with Crippen LogP contribution in [-0.4, -0.2) is 35.4 Å². The van der Waals surface area contributed by atoms with Gasteiger partial charge in [-0.3, -0.25) is 9.67 Å². The van der Waals surface area contributed by atoms with Gasteiger partial charge in [-0.25, -0.2) is 0 Å². The molecule has 2 aliphatic rings. The second-order valence-corrected chi connectivity index (χ2v) is 7.26. The topological polar surface area (TPSA) is 54.2 Å². The van der Waals surface area contributed by atoms with Gasteiger partial charge in [0, 0.05) is 38.3 Å². The average molecular weight is 329 g/mol. The first kappa shape index (κ1) is 17.1. The van der Waals surface area contributed by atoms with Gasteiger partial charge in [-0.1, -0.05) is 11.6 Å². The monoisotopic (exact) mass is 329 g/mol. The summed E-state index contributed by atoms with van der Waals surface area (Å²) in [6.45, 7) is 5.32. The summed E-state index contributed by atoms with van der Waals surface area (Å²) in [5, 5.41) is 11.8. The molecule has 0 spiro atoms. The van der Waals surface area contributed by atoms with E-state index in [0.29, 0.717) is 12.1 Å². The Hall–Kier alpha value is -1.78. The predicted molar refractivity (Wildman–Crippen MR) is 99.5 cm³/mol. The minimum absolute atomic E-state index is 0.421. The van der Waals surface area contributed by atoms with Gasteiger partial charge in [0.15, 0.2) is 5.96 Å². The Bertz CT molecular complexity index is 611. The third-order valence-electron chi connectivity index (χ3n) is 5.06. The molecule has 0 bridgehead atoms. The number of nitrogens with one attached hydrogen (secondary N) is 2. The number of allylic oxidation sites excluding steroid dienone is 1. The molecule has 0 radical (unpaired) electrons. The van der Waals surface area contributed by atoms with Gasteiger partial charge in [-0.2, -0.15) is 5.10 Å². The molecule has 0 amide bonds. The molecule has 1 aromatic heterocycles. The van der Waals surface area contributed by atoms with Crippen LogP contribution in [0.1, 0.15) is 63.3 Å². The van der Waals surface area contributed by atoms with Gasteiger partial charge in [0.2, 0.25) is 0 Å². The smallest absolute Gasteiger partial charge is 0.191 e. The summed E-state index contributed by atoms with van der Waals surface area (Å²) in [5.74, 6) is 0.922. The Morgan fingerprint density at radius 1 is 1.42 bits per heavy atom. The minimum atomic E-state index is 0.421. The van der Waals surface area contributed by atoms with E-state index in [0.717, 1.165) is 38.2 Å². The van der Waals surface area contributed by atoms with E-state index in [1.54, 1.807) is 5.57 Å². The molecule has 0 saturated heterocycles. The van der Waals surface area contributed by atoms with Gasteiger partial charge in [0.25, 0.3) is 0 Å². The first-order valence-corrected chi connectivity index (χ1v) is 9.37. The molecular weight excluding hydrogens is 298 g/mol. The SMILES string of the molecule is CN=C(NCCC1=CCCC1)NC1CCc2cn(C(C)C)nc2C1. The van der Waals surface area contributed by atoms with Crippen molar-refractivity contribution >= 4 is 5.96 Å². The van der Waals surface area contributed by atoms with E-state index in [9.17, 15) is 0 Å². The molecule has 0 aromatic carbocycles. The molecule has 5 heteroatoms. The van der Waals surface area contributed by atoms with Crippen LogP contribution in [0.5, 0.6) is 0 Å². The third-order valence-corrected chi connectivity index (χ3v) is 5.06. The van der Waals surface area contributed by atoms with Crippen LogP contribution in [0.4, 0.5) is 0 Å². The third kappa shape index (κ3) is 4.19. The summed E-state index contributed by atoms with van der Waals surface area (Å²) >= 11 is 0. The lowest BCUT2D eigenvalue weighted by molar-refractivity contribution is 0.499. The Morgan fingerprint density at radius 3 is 3.00 bits per heavy atom. The van der Waals surface area contributed by atoms with E-state index in [1.165, 1.54) is 30.5 Å². The summed E-state index contributed by atoms with van der Waals surface area (Å²) in [6.07, 6.45) is 12.8. The molecule has 24 heavy (non-hydrogen) atoms. The van der Waals surface area contributed by atoms with Crippen LogP contribution in [0.15, 0.2) is 22.8 Å². The highest BCUT2D eigenvalue weighted by Crippen LogP contribution is 2.22. The standard InChI is InChI=1S/C19H31N5/c1-14(2)24-13-16-8-9-17(12-18(16)23-24)22-19(20-3)21-11-10-15-6-4-5-7-15/h6,13-14,17H,4-5,7-12H2,1-3H3,(H2,20,21,22). The highest BCUT2D eigenvalue weighted by Gasteiger charge is 2.22. The van der Waals surface area contributed by atoms with E-state index >= 15 is 0 Å². The molecule has 132 valence electrons. The Kier molecular flexibility index (Phi) is 5.59. The summed E-state index contributed by atoms with van der Waals surface area (Å²) < 4.78 is 2.09. The van der Waals surface area contributed by atoms with Crippen molar-refractivity contribution in [3.63, 3.8) is 0 Å². The maximum atomic E-state index is 4.76. The predicted octanol–water partition coefficient (Wildman–Crippen LogP) is 2.99. The van der Waals surface area contributed by atoms with Crippen molar-refractivity contribution < 1.29 is 0 Å². The number of aliphatic imine (C=N–C) groups is 1. The molecule has 1 aromatic rings. The second kappa shape index (κ2) is 7.86. The van der Waals surface area contributed by atoms with Crippen LogP contribution < -0.4 is 10.6 Å². The zero-order chi connectivity index (χ0) is 16.9. The van der Waals surface area contributed by atoms with Crippen molar-refractivity contribution in [1.29, 1.82) is 0 Å². The van der Waals surface area contributed by atoms with Crippen molar-refractivity contribution in [3.8, 4) is 0 Å². The lowest BCUT2D eigenvalue weighted by atomic mass is 9.94. The molecule has 2 N–H and O–H groups in total. The first-order valence-electron chi connectivity index (χ1n) is 9.37. The normalized spacial score (nSPS) is 20.9. The van der Waals surface area contributed by atoms with Gasteiger partial charge in [-0.05, 0) is 57.9 Å². The van der Waals surface area contributed by atoms with Crippen LogP contribution in [0.3, 0.4) is 0 Å². The summed E-state index contributed by atoms with van der Waals surface area (Å²) in [6, 6.07) is 0.853. The lowest BCUT2D eigenvalue weighted by Crippen LogP contribution is -2.45. The molecule has 0 aliphatic heterocycles. The summed E-state index contributed by atoms with van der Waals surface area (Å²) in [4.78, 5) is 4.39. The Labute approximate surface area is 145 Å². The van der Waals surface area contributed by atoms with E-state index in [4.69, 9.17) is 5.10 Å². The highest BCUT2D eigenvalue weighted by atomic mass is 15.3. The Morgan fingerprint density at radius 2 is 2.29 bits per heavy atom. The van der Waals surface area contributed by atoms with Crippen LogP contribution in [-0.2, 0) is 12.8 Å². The van der Waals surface area contributed by atoms with E-state index in [-0.39, 0.29) is 0 Å². The second-order valence-electron chi connectivity index (χ2n) is 7.26. The molecule has 0 saturated carbocycles. The highest BCUT2D eigenvalue weighted by molar-refractivity contribution is 5.80. The minimum Gasteiger partial charge on any atom is -0.356 e. The van der Waals surface area contributed by atoms with Crippen LogP contribution in [0, 0.1) is 0 Å². The molecule has 1 heterocycles. The number of aryl methyl sites for hydroxylation is 1. The number of hydrogen-bond acceptors (Lipinski definition) is 2. The molecule has 0 fully saturated rings. The molecule has 5 nitrogen and oxygen atoms in total. The van der Waals surface area contributed by atoms with Gasteiger partial charge in [-0.15, -0.1) is 0 Å². The van der Waals surface area contributed by atoms with Crippen LogP contribution in [0.2, 0.25) is 0 Å². The number of rotatable bonds is 5.